The molecule has 0 bridgehead atoms. The highest BCUT2D eigenvalue weighted by Gasteiger charge is 2.21. The first-order chi connectivity index (χ1) is 15.4. The van der Waals surface area contributed by atoms with Crippen molar-refractivity contribution in [3.63, 3.8) is 0 Å². The molecule has 0 aliphatic rings. The summed E-state index contributed by atoms with van der Waals surface area (Å²) < 4.78 is 1.87. The highest BCUT2D eigenvalue weighted by molar-refractivity contribution is 6.30. The molecule has 1 aromatic heterocycles. The van der Waals surface area contributed by atoms with Gasteiger partial charge < -0.3 is 14.8 Å². The van der Waals surface area contributed by atoms with Crippen molar-refractivity contribution in [2.45, 2.75) is 25.9 Å². The molecular weight excluding hydrogens is 424 g/mol. The number of carbonyl (C=O) groups excluding carboxylic acids is 2. The fourth-order valence-electron chi connectivity index (χ4n) is 3.56. The van der Waals surface area contributed by atoms with Crippen LogP contribution in [0.25, 0.3) is 11.0 Å². The zero-order valence-corrected chi connectivity index (χ0v) is 18.9. The number of hydrogen-bond donors (Lipinski definition) is 1. The smallest absolute Gasteiger partial charge is 0.243 e. The van der Waals surface area contributed by atoms with Gasteiger partial charge in [0.1, 0.15) is 12.4 Å². The van der Waals surface area contributed by atoms with Gasteiger partial charge in [0.15, 0.2) is 0 Å². The van der Waals surface area contributed by atoms with E-state index in [1.165, 1.54) is 0 Å². The molecule has 0 saturated carbocycles. The molecule has 0 aliphatic heterocycles. The molecule has 0 saturated heterocycles. The second-order valence-corrected chi connectivity index (χ2v) is 7.95. The normalized spacial score (nSPS) is 11.7. The number of para-hydroxylation sites is 2. The molecule has 1 unspecified atom stereocenters. The zero-order chi connectivity index (χ0) is 23.1. The summed E-state index contributed by atoms with van der Waals surface area (Å²) in [6.45, 7) is 10.3. The van der Waals surface area contributed by atoms with Crippen molar-refractivity contribution in [1.82, 2.24) is 19.8 Å². The molecular formula is C25H27ClN4O2. The second kappa shape index (κ2) is 10.8. The average molecular weight is 451 g/mol. The minimum atomic E-state index is -0.387. The van der Waals surface area contributed by atoms with Crippen molar-refractivity contribution >= 4 is 34.4 Å². The van der Waals surface area contributed by atoms with Crippen LogP contribution in [0, 0.1) is 0 Å². The van der Waals surface area contributed by atoms with E-state index >= 15 is 0 Å². The Morgan fingerprint density at radius 3 is 2.44 bits per heavy atom. The van der Waals surface area contributed by atoms with Gasteiger partial charge in [0.05, 0.1) is 23.5 Å². The Bertz CT molecular complexity index is 1110. The molecule has 32 heavy (non-hydrogen) atoms. The van der Waals surface area contributed by atoms with Gasteiger partial charge >= 0.3 is 0 Å². The number of amides is 2. The van der Waals surface area contributed by atoms with Crippen LogP contribution in [-0.2, 0) is 22.6 Å². The van der Waals surface area contributed by atoms with Crippen molar-refractivity contribution in [3.05, 3.63) is 90.3 Å². The van der Waals surface area contributed by atoms with Crippen LogP contribution in [0.4, 0.5) is 0 Å². The quantitative estimate of drug-likeness (QED) is 0.468. The predicted octanol–water partition coefficient (Wildman–Crippen LogP) is 4.31. The number of imidazole rings is 1. The van der Waals surface area contributed by atoms with Crippen molar-refractivity contribution in [3.8, 4) is 0 Å². The third-order valence-electron chi connectivity index (χ3n) is 5.07. The van der Waals surface area contributed by atoms with Gasteiger partial charge in [-0.25, -0.2) is 4.98 Å². The van der Waals surface area contributed by atoms with Crippen LogP contribution >= 0.6 is 11.6 Å². The summed E-state index contributed by atoms with van der Waals surface area (Å²) in [4.78, 5) is 32.0. The summed E-state index contributed by atoms with van der Waals surface area (Å²) in [6, 6.07) is 14.4. The first kappa shape index (κ1) is 23.3. The summed E-state index contributed by atoms with van der Waals surface area (Å²) in [6.07, 6.45) is 3.61. The third-order valence-corrected chi connectivity index (χ3v) is 5.32. The number of aromatic nitrogens is 2. The lowest BCUT2D eigenvalue weighted by Crippen LogP contribution is -2.35. The van der Waals surface area contributed by atoms with E-state index < -0.39 is 0 Å². The van der Waals surface area contributed by atoms with E-state index in [-0.39, 0.29) is 30.8 Å². The lowest BCUT2D eigenvalue weighted by atomic mass is 10.1. The van der Waals surface area contributed by atoms with Gasteiger partial charge in [0, 0.05) is 18.1 Å². The lowest BCUT2D eigenvalue weighted by molar-refractivity contribution is -0.130. The minimum Gasteiger partial charge on any atom is -0.346 e. The van der Waals surface area contributed by atoms with E-state index in [0.29, 0.717) is 23.9 Å². The third kappa shape index (κ3) is 5.65. The number of halogens is 1. The number of hydrogen-bond acceptors (Lipinski definition) is 3. The average Bonchev–Trinajstić information content (AvgIpc) is 3.13. The Labute approximate surface area is 193 Å². The van der Waals surface area contributed by atoms with E-state index in [0.717, 1.165) is 16.6 Å². The molecule has 0 aliphatic carbocycles. The zero-order valence-electron chi connectivity index (χ0n) is 18.1. The van der Waals surface area contributed by atoms with Crippen molar-refractivity contribution in [1.29, 1.82) is 0 Å². The van der Waals surface area contributed by atoms with E-state index in [1.807, 2.05) is 47.9 Å². The van der Waals surface area contributed by atoms with Gasteiger partial charge in [0.25, 0.3) is 0 Å². The van der Waals surface area contributed by atoms with Crippen molar-refractivity contribution in [2.24, 2.45) is 0 Å². The molecule has 166 valence electrons. The van der Waals surface area contributed by atoms with E-state index in [9.17, 15) is 9.59 Å². The Morgan fingerprint density at radius 1 is 1.12 bits per heavy atom. The number of fused-ring (bicyclic) bond motifs is 1. The summed E-state index contributed by atoms with van der Waals surface area (Å²) in [5.74, 6) is 0.416. The monoisotopic (exact) mass is 450 g/mol. The van der Waals surface area contributed by atoms with Crippen molar-refractivity contribution in [2.75, 3.05) is 13.1 Å². The molecule has 1 heterocycles. The topological polar surface area (TPSA) is 67.2 Å². The first-order valence-corrected chi connectivity index (χ1v) is 10.8. The Hall–Kier alpha value is -3.38. The maximum Gasteiger partial charge on any atom is 0.243 e. The minimum absolute atomic E-state index is 0.0751. The SMILES string of the molecule is C=CCN(CC=C)C(=O)Cn1c(C(C)NC(=O)Cc2ccc(Cl)cc2)nc2ccccc21. The number of carbonyl (C=O) groups is 2. The fourth-order valence-corrected chi connectivity index (χ4v) is 3.69. The van der Waals surface area contributed by atoms with E-state index in [1.54, 1.807) is 29.2 Å². The highest BCUT2D eigenvalue weighted by Crippen LogP contribution is 2.21. The molecule has 6 nitrogen and oxygen atoms in total. The van der Waals surface area contributed by atoms with Crippen LogP contribution in [-0.4, -0.2) is 39.4 Å². The molecule has 0 fully saturated rings. The summed E-state index contributed by atoms with van der Waals surface area (Å²) in [7, 11) is 0. The number of rotatable bonds is 10. The molecule has 1 N–H and O–H groups in total. The first-order valence-electron chi connectivity index (χ1n) is 10.4. The molecule has 0 radical (unpaired) electrons. The molecule has 7 heteroatoms. The second-order valence-electron chi connectivity index (χ2n) is 7.51. The largest absolute Gasteiger partial charge is 0.346 e. The number of benzene rings is 2. The summed E-state index contributed by atoms with van der Waals surface area (Å²) in [5, 5.41) is 3.63. The van der Waals surface area contributed by atoms with Crippen LogP contribution in [0.5, 0.6) is 0 Å². The summed E-state index contributed by atoms with van der Waals surface area (Å²) in [5.41, 5.74) is 2.48. The summed E-state index contributed by atoms with van der Waals surface area (Å²) >= 11 is 5.92. The highest BCUT2D eigenvalue weighted by atomic mass is 35.5. The van der Waals surface area contributed by atoms with Crippen molar-refractivity contribution < 1.29 is 9.59 Å². The van der Waals surface area contributed by atoms with Gasteiger partial charge in [-0.2, -0.15) is 0 Å². The molecule has 0 spiro atoms. The Morgan fingerprint density at radius 2 is 1.78 bits per heavy atom. The fraction of sp³-hybridized carbons (Fsp3) is 0.240. The van der Waals surface area contributed by atoms with E-state index in [2.05, 4.69) is 18.5 Å². The Balaban J connectivity index is 1.82. The van der Waals surface area contributed by atoms with Gasteiger partial charge in [-0.05, 0) is 36.8 Å². The maximum atomic E-state index is 13.0. The van der Waals surface area contributed by atoms with Crippen LogP contribution in [0.15, 0.2) is 73.8 Å². The van der Waals surface area contributed by atoms with Crippen LogP contribution in [0.2, 0.25) is 5.02 Å². The van der Waals surface area contributed by atoms with E-state index in [4.69, 9.17) is 16.6 Å². The van der Waals surface area contributed by atoms with Crippen LogP contribution < -0.4 is 5.32 Å². The number of nitrogens with zero attached hydrogens (tertiary/aromatic N) is 3. The van der Waals surface area contributed by atoms with Gasteiger partial charge in [-0.3, -0.25) is 9.59 Å². The molecule has 1 atom stereocenters. The maximum absolute atomic E-state index is 13.0. The molecule has 2 aromatic carbocycles. The number of nitrogens with one attached hydrogen (secondary N) is 1. The lowest BCUT2D eigenvalue weighted by Gasteiger charge is -2.22. The molecule has 3 rings (SSSR count). The van der Waals surface area contributed by atoms with Gasteiger partial charge in [0.2, 0.25) is 11.8 Å². The van der Waals surface area contributed by atoms with Crippen LogP contribution in [0.1, 0.15) is 24.4 Å². The predicted molar refractivity (Wildman–Crippen MR) is 128 cm³/mol. The molecule has 2 amide bonds. The Kier molecular flexibility index (Phi) is 7.84. The van der Waals surface area contributed by atoms with Gasteiger partial charge in [-0.15, -0.1) is 13.2 Å². The standard InChI is InChI=1S/C25H27ClN4O2/c1-4-14-29(15-5-2)24(32)17-30-22-9-7-6-8-21(22)28-25(30)18(3)27-23(31)16-19-10-12-20(26)13-11-19/h4-13,18H,1-2,14-17H2,3H3,(H,27,31). The van der Waals surface area contributed by atoms with Crippen LogP contribution in [0.3, 0.4) is 0 Å². The molecule has 3 aromatic rings. The van der Waals surface area contributed by atoms with Gasteiger partial charge in [-0.1, -0.05) is 48.0 Å².